The first-order chi connectivity index (χ1) is 18.3. The first-order valence-electron chi connectivity index (χ1n) is 13.3. The molecule has 0 amide bonds. The number of halogens is 2. The Kier molecular flexibility index (Phi) is 7.26. The summed E-state index contributed by atoms with van der Waals surface area (Å²) in [7, 11) is 3.63. The third-order valence-corrected chi connectivity index (χ3v) is 8.90. The number of ketones is 2. The minimum Gasteiger partial charge on any atom is -0.493 e. The van der Waals surface area contributed by atoms with Crippen LogP contribution in [0.1, 0.15) is 70.4 Å². The van der Waals surface area contributed by atoms with E-state index in [4.69, 9.17) is 21.1 Å². The zero-order valence-electron chi connectivity index (χ0n) is 23.4. The first-order valence-corrected chi connectivity index (χ1v) is 14.5. The molecule has 0 radical (unpaired) electrons. The van der Waals surface area contributed by atoms with E-state index < -0.39 is 5.92 Å². The van der Waals surface area contributed by atoms with Crippen LogP contribution in [0.4, 0.5) is 0 Å². The summed E-state index contributed by atoms with van der Waals surface area (Å²) in [4.78, 5) is 29.7. The van der Waals surface area contributed by atoms with Gasteiger partial charge in [-0.1, -0.05) is 51.4 Å². The number of ether oxygens (including phenoxy) is 2. The topological polar surface area (TPSA) is 55.8 Å². The zero-order valence-corrected chi connectivity index (χ0v) is 25.8. The molecule has 2 aromatic rings. The van der Waals surface area contributed by atoms with Crippen LogP contribution in [0.5, 0.6) is 11.5 Å². The second-order valence-corrected chi connectivity index (χ2v) is 13.8. The van der Waals surface area contributed by atoms with Crippen molar-refractivity contribution in [1.29, 1.82) is 0 Å². The van der Waals surface area contributed by atoms with Gasteiger partial charge >= 0.3 is 0 Å². The number of rotatable bonds is 5. The van der Waals surface area contributed by atoms with E-state index in [1.165, 1.54) is 0 Å². The van der Waals surface area contributed by atoms with Crippen LogP contribution < -0.4 is 9.47 Å². The maximum absolute atomic E-state index is 13.8. The highest BCUT2D eigenvalue weighted by Crippen LogP contribution is 2.55. The highest BCUT2D eigenvalue weighted by molar-refractivity contribution is 9.10. The second-order valence-electron chi connectivity index (χ2n) is 12.5. The molecule has 5 rings (SSSR count). The molecule has 39 heavy (non-hydrogen) atoms. The molecule has 0 saturated heterocycles. The Labute approximate surface area is 244 Å². The maximum Gasteiger partial charge on any atom is 0.175 e. The van der Waals surface area contributed by atoms with E-state index >= 15 is 0 Å². The monoisotopic (exact) mass is 611 g/mol. The van der Waals surface area contributed by atoms with E-state index in [9.17, 15) is 9.59 Å². The zero-order chi connectivity index (χ0) is 28.3. The van der Waals surface area contributed by atoms with Crippen LogP contribution in [0.25, 0.3) is 0 Å². The molecule has 0 spiro atoms. The average molecular weight is 613 g/mol. The Morgan fingerprint density at radius 2 is 1.46 bits per heavy atom. The first kappa shape index (κ1) is 28.0. The number of nitrogens with zero attached hydrogens (tertiary/aromatic N) is 1. The van der Waals surface area contributed by atoms with E-state index in [-0.39, 0.29) is 22.4 Å². The molecule has 0 saturated carbocycles. The molecular weight excluding hydrogens is 578 g/mol. The number of methoxy groups -OCH3 is 1. The Morgan fingerprint density at radius 3 is 1.97 bits per heavy atom. The molecule has 0 N–H and O–H groups in total. The molecule has 1 aliphatic heterocycles. The van der Waals surface area contributed by atoms with Gasteiger partial charge in [0.1, 0.15) is 6.61 Å². The number of hydrogen-bond acceptors (Lipinski definition) is 5. The van der Waals surface area contributed by atoms with Gasteiger partial charge in [0.15, 0.2) is 23.1 Å². The fourth-order valence-corrected chi connectivity index (χ4v) is 6.98. The van der Waals surface area contributed by atoms with Crippen LogP contribution >= 0.6 is 27.5 Å². The highest BCUT2D eigenvalue weighted by atomic mass is 79.9. The smallest absolute Gasteiger partial charge is 0.175 e. The fourth-order valence-electron chi connectivity index (χ4n) is 6.28. The SMILES string of the molecule is COc1cc(C2C3=C(CC(C)(C)CC3=O)N(C)C3=C2C(=O)CC(C)(C)C3)cc(Br)c1OCc1ccc(Cl)cc1. The molecular formula is C32H35BrClNO4. The largest absolute Gasteiger partial charge is 0.493 e. The predicted molar refractivity (Wildman–Crippen MR) is 157 cm³/mol. The van der Waals surface area contributed by atoms with Gasteiger partial charge in [-0.3, -0.25) is 9.59 Å². The van der Waals surface area contributed by atoms with Crippen LogP contribution in [0.15, 0.2) is 63.4 Å². The number of carbonyl (C=O) groups excluding carboxylic acids is 2. The lowest BCUT2D eigenvalue weighted by Gasteiger charge is -2.48. The number of Topliss-reactive ketones (excluding diaryl/α,β-unsaturated/α-hetero) is 2. The Balaban J connectivity index is 1.62. The van der Waals surface area contributed by atoms with Gasteiger partial charge < -0.3 is 14.4 Å². The summed E-state index contributed by atoms with van der Waals surface area (Å²) in [5.41, 5.74) is 5.10. The molecule has 0 bridgehead atoms. The van der Waals surface area contributed by atoms with Crippen molar-refractivity contribution < 1.29 is 19.1 Å². The summed E-state index contributed by atoms with van der Waals surface area (Å²) in [6.45, 7) is 8.91. The van der Waals surface area contributed by atoms with Gasteiger partial charge in [-0.05, 0) is 75.0 Å². The fraction of sp³-hybridized carbons (Fsp3) is 0.438. The number of allylic oxidation sites excluding steroid dienone is 4. The highest BCUT2D eigenvalue weighted by Gasteiger charge is 2.48. The second kappa shape index (κ2) is 10.1. The lowest BCUT2D eigenvalue weighted by atomic mass is 9.64. The molecule has 3 aliphatic rings. The lowest BCUT2D eigenvalue weighted by Crippen LogP contribution is -2.43. The summed E-state index contributed by atoms with van der Waals surface area (Å²) in [5.74, 6) is 0.901. The number of carbonyl (C=O) groups is 2. The summed E-state index contributed by atoms with van der Waals surface area (Å²) in [6.07, 6.45) is 2.48. The minimum absolute atomic E-state index is 0.112. The Morgan fingerprint density at radius 1 is 0.923 bits per heavy atom. The Hall–Kier alpha value is -2.57. The molecule has 2 aliphatic carbocycles. The summed E-state index contributed by atoms with van der Waals surface area (Å²) >= 11 is 9.73. The van der Waals surface area contributed by atoms with Gasteiger partial charge in [0.2, 0.25) is 0 Å². The van der Waals surface area contributed by atoms with Crippen molar-refractivity contribution in [2.75, 3.05) is 14.2 Å². The van der Waals surface area contributed by atoms with Crippen molar-refractivity contribution in [3.05, 3.63) is 79.6 Å². The van der Waals surface area contributed by atoms with Crippen LogP contribution in [-0.4, -0.2) is 30.6 Å². The standard InChI is InChI=1S/C32H35BrClNO4/c1-31(2)13-22-28(24(36)15-31)27(29-23(35(22)5)14-32(3,4)16-25(29)37)19-11-21(33)30(26(12-19)38-6)39-17-18-7-9-20(34)10-8-18/h7-12,27H,13-17H2,1-6H3. The molecule has 5 nitrogen and oxygen atoms in total. The average Bonchev–Trinajstić information content (AvgIpc) is 2.84. The Bertz CT molecular complexity index is 1370. The molecule has 0 aromatic heterocycles. The van der Waals surface area contributed by atoms with E-state index in [1.807, 2.05) is 43.4 Å². The predicted octanol–water partition coefficient (Wildman–Crippen LogP) is 8.01. The third-order valence-electron chi connectivity index (χ3n) is 8.06. The maximum atomic E-state index is 13.8. The number of benzene rings is 2. The summed E-state index contributed by atoms with van der Waals surface area (Å²) in [5, 5.41) is 0.670. The normalized spacial score (nSPS) is 20.7. The molecule has 206 valence electrons. The van der Waals surface area contributed by atoms with Crippen molar-refractivity contribution in [1.82, 2.24) is 4.90 Å². The molecule has 1 heterocycles. The molecule has 7 heteroatoms. The number of hydrogen-bond donors (Lipinski definition) is 0. The van der Waals surface area contributed by atoms with Gasteiger partial charge in [-0.2, -0.15) is 0 Å². The quantitative estimate of drug-likeness (QED) is 0.342. The van der Waals surface area contributed by atoms with Crippen LogP contribution in [-0.2, 0) is 16.2 Å². The third kappa shape index (κ3) is 5.30. The van der Waals surface area contributed by atoms with Gasteiger partial charge in [0.25, 0.3) is 0 Å². The summed E-state index contributed by atoms with van der Waals surface area (Å²) in [6, 6.07) is 11.4. The van der Waals surface area contributed by atoms with Crippen molar-refractivity contribution in [2.24, 2.45) is 10.8 Å². The molecule has 0 fully saturated rings. The van der Waals surface area contributed by atoms with Gasteiger partial charge in [0.05, 0.1) is 11.6 Å². The molecule has 0 unspecified atom stereocenters. The van der Waals surface area contributed by atoms with Gasteiger partial charge in [-0.15, -0.1) is 0 Å². The van der Waals surface area contributed by atoms with Crippen LogP contribution in [0, 0.1) is 10.8 Å². The molecule has 2 aromatic carbocycles. The van der Waals surface area contributed by atoms with Crippen molar-refractivity contribution in [3.8, 4) is 11.5 Å². The minimum atomic E-state index is -0.436. The molecule has 0 atom stereocenters. The van der Waals surface area contributed by atoms with E-state index in [1.54, 1.807) is 7.11 Å². The van der Waals surface area contributed by atoms with Gasteiger partial charge in [0, 0.05) is 53.4 Å². The van der Waals surface area contributed by atoms with Gasteiger partial charge in [-0.25, -0.2) is 0 Å². The summed E-state index contributed by atoms with van der Waals surface area (Å²) < 4.78 is 12.7. The van der Waals surface area contributed by atoms with Crippen molar-refractivity contribution in [2.45, 2.75) is 65.9 Å². The van der Waals surface area contributed by atoms with E-state index in [2.05, 4.69) is 48.5 Å². The van der Waals surface area contributed by atoms with E-state index in [0.29, 0.717) is 40.4 Å². The van der Waals surface area contributed by atoms with Crippen molar-refractivity contribution in [3.63, 3.8) is 0 Å². The van der Waals surface area contributed by atoms with Crippen molar-refractivity contribution >= 4 is 39.1 Å². The lowest BCUT2D eigenvalue weighted by molar-refractivity contribution is -0.119. The van der Waals surface area contributed by atoms with Crippen LogP contribution in [0.2, 0.25) is 5.02 Å². The van der Waals surface area contributed by atoms with Crippen LogP contribution in [0.3, 0.4) is 0 Å². The van der Waals surface area contributed by atoms with E-state index in [0.717, 1.165) is 46.5 Å².